The van der Waals surface area contributed by atoms with E-state index >= 15 is 0 Å². The molecular formula is C11H16N2O2. The number of aliphatic imine (C=N–C) groups is 2. The van der Waals surface area contributed by atoms with Crippen LogP contribution in [0.2, 0.25) is 0 Å². The zero-order valence-corrected chi connectivity index (χ0v) is 8.98. The van der Waals surface area contributed by atoms with Crippen molar-refractivity contribution in [2.45, 2.75) is 26.2 Å². The Labute approximate surface area is 89.5 Å². The summed E-state index contributed by atoms with van der Waals surface area (Å²) in [6, 6.07) is 0. The molecule has 0 radical (unpaired) electrons. The first kappa shape index (κ1) is 11.8. The SMILES string of the molecule is CC1CCC(CN=C=O)CC1CN=C=O. The Balaban J connectivity index is 2.47. The number of rotatable bonds is 4. The minimum atomic E-state index is 0.437. The van der Waals surface area contributed by atoms with Crippen molar-refractivity contribution >= 4 is 12.2 Å². The van der Waals surface area contributed by atoms with Crippen molar-refractivity contribution in [1.29, 1.82) is 0 Å². The van der Waals surface area contributed by atoms with E-state index in [4.69, 9.17) is 0 Å². The van der Waals surface area contributed by atoms with Crippen molar-refractivity contribution in [3.05, 3.63) is 0 Å². The van der Waals surface area contributed by atoms with E-state index in [9.17, 15) is 9.59 Å². The Morgan fingerprint density at radius 3 is 2.47 bits per heavy atom. The molecule has 4 nitrogen and oxygen atoms in total. The fourth-order valence-corrected chi connectivity index (χ4v) is 2.25. The summed E-state index contributed by atoms with van der Waals surface area (Å²) in [6.07, 6.45) is 6.38. The van der Waals surface area contributed by atoms with Crippen LogP contribution in [0.15, 0.2) is 9.98 Å². The summed E-state index contributed by atoms with van der Waals surface area (Å²) in [5, 5.41) is 0. The fourth-order valence-electron chi connectivity index (χ4n) is 2.25. The van der Waals surface area contributed by atoms with Crippen LogP contribution in [-0.4, -0.2) is 25.2 Å². The standard InChI is InChI=1S/C11H16N2O2/c1-9-2-3-10(5-12-7-14)4-11(9)6-13-8-15/h9-11H,2-6H2,1H3. The van der Waals surface area contributed by atoms with Gasteiger partial charge in [0.2, 0.25) is 12.2 Å². The lowest BCUT2D eigenvalue weighted by atomic mass is 9.75. The largest absolute Gasteiger partial charge is 0.234 e. The number of carbonyl (C=O) groups excluding carboxylic acids is 2. The van der Waals surface area contributed by atoms with Gasteiger partial charge in [-0.15, -0.1) is 0 Å². The molecule has 4 heteroatoms. The lowest BCUT2D eigenvalue weighted by Gasteiger charge is -2.32. The van der Waals surface area contributed by atoms with E-state index in [1.54, 1.807) is 12.2 Å². The summed E-state index contributed by atoms with van der Waals surface area (Å²) >= 11 is 0. The molecular weight excluding hydrogens is 192 g/mol. The van der Waals surface area contributed by atoms with Gasteiger partial charge in [-0.05, 0) is 30.6 Å². The van der Waals surface area contributed by atoms with E-state index in [2.05, 4.69) is 16.9 Å². The van der Waals surface area contributed by atoms with E-state index in [-0.39, 0.29) is 0 Å². The molecule has 1 fully saturated rings. The molecule has 0 aromatic carbocycles. The van der Waals surface area contributed by atoms with Gasteiger partial charge in [-0.1, -0.05) is 13.3 Å². The van der Waals surface area contributed by atoms with Crippen molar-refractivity contribution in [2.75, 3.05) is 13.1 Å². The molecule has 0 heterocycles. The van der Waals surface area contributed by atoms with Crippen molar-refractivity contribution in [3.63, 3.8) is 0 Å². The average molecular weight is 208 g/mol. The second-order valence-electron chi connectivity index (χ2n) is 4.28. The highest BCUT2D eigenvalue weighted by molar-refractivity contribution is 5.33. The van der Waals surface area contributed by atoms with Crippen molar-refractivity contribution < 1.29 is 9.59 Å². The number of isocyanates is 2. The Morgan fingerprint density at radius 1 is 1.13 bits per heavy atom. The van der Waals surface area contributed by atoms with E-state index in [0.717, 1.165) is 19.3 Å². The van der Waals surface area contributed by atoms with E-state index in [1.807, 2.05) is 0 Å². The van der Waals surface area contributed by atoms with Crippen LogP contribution in [0.3, 0.4) is 0 Å². The van der Waals surface area contributed by atoms with Gasteiger partial charge < -0.3 is 0 Å². The summed E-state index contributed by atoms with van der Waals surface area (Å²) < 4.78 is 0. The maximum absolute atomic E-state index is 10.0. The summed E-state index contributed by atoms with van der Waals surface area (Å²) in [5.74, 6) is 1.49. The van der Waals surface area contributed by atoms with Crippen LogP contribution in [0, 0.1) is 17.8 Å². The van der Waals surface area contributed by atoms with Crippen LogP contribution in [0.4, 0.5) is 0 Å². The second kappa shape index (κ2) is 6.28. The van der Waals surface area contributed by atoms with Gasteiger partial charge in [0.15, 0.2) is 0 Å². The minimum Gasteiger partial charge on any atom is -0.211 e. The van der Waals surface area contributed by atoms with Gasteiger partial charge in [-0.2, -0.15) is 0 Å². The quantitative estimate of drug-likeness (QED) is 0.521. The molecule has 0 aromatic heterocycles. The zero-order valence-electron chi connectivity index (χ0n) is 8.98. The molecule has 1 saturated carbocycles. The first-order valence-corrected chi connectivity index (χ1v) is 5.35. The van der Waals surface area contributed by atoms with Crippen LogP contribution < -0.4 is 0 Å². The molecule has 1 aliphatic rings. The van der Waals surface area contributed by atoms with Gasteiger partial charge in [0.05, 0.1) is 13.1 Å². The molecule has 82 valence electrons. The summed E-state index contributed by atoms with van der Waals surface area (Å²) in [6.45, 7) is 3.31. The molecule has 3 unspecified atom stereocenters. The third kappa shape index (κ3) is 3.78. The van der Waals surface area contributed by atoms with Crippen LogP contribution in [0.5, 0.6) is 0 Å². The average Bonchev–Trinajstić information content (AvgIpc) is 2.26. The monoisotopic (exact) mass is 208 g/mol. The maximum Gasteiger partial charge on any atom is 0.234 e. The van der Waals surface area contributed by atoms with Crippen LogP contribution in [-0.2, 0) is 9.59 Å². The minimum absolute atomic E-state index is 0.437. The van der Waals surface area contributed by atoms with Gasteiger partial charge in [0, 0.05) is 0 Å². The predicted octanol–water partition coefficient (Wildman–Crippen LogP) is 1.71. The molecule has 3 atom stereocenters. The highest BCUT2D eigenvalue weighted by Gasteiger charge is 2.27. The lowest BCUT2D eigenvalue weighted by molar-refractivity contribution is 0.203. The Bertz CT molecular complexity index is 291. The molecule has 0 aromatic rings. The first-order chi connectivity index (χ1) is 7.27. The lowest BCUT2D eigenvalue weighted by Crippen LogP contribution is -2.26. The van der Waals surface area contributed by atoms with Gasteiger partial charge in [0.1, 0.15) is 0 Å². The summed E-state index contributed by atoms with van der Waals surface area (Å²) in [4.78, 5) is 27.3. The maximum atomic E-state index is 10.0. The van der Waals surface area contributed by atoms with Crippen LogP contribution in [0.25, 0.3) is 0 Å². The molecule has 0 bridgehead atoms. The molecule has 0 N–H and O–H groups in total. The Morgan fingerprint density at radius 2 is 1.80 bits per heavy atom. The highest BCUT2D eigenvalue weighted by atomic mass is 16.1. The van der Waals surface area contributed by atoms with Crippen LogP contribution in [0.1, 0.15) is 26.2 Å². The van der Waals surface area contributed by atoms with E-state index < -0.39 is 0 Å². The Hall–Kier alpha value is -1.24. The number of hydrogen-bond acceptors (Lipinski definition) is 4. The van der Waals surface area contributed by atoms with Crippen molar-refractivity contribution in [2.24, 2.45) is 27.7 Å². The molecule has 0 spiro atoms. The predicted molar refractivity (Wildman–Crippen MR) is 56.0 cm³/mol. The highest BCUT2D eigenvalue weighted by Crippen LogP contribution is 2.33. The number of hydrogen-bond donors (Lipinski definition) is 0. The molecule has 1 aliphatic carbocycles. The third-order valence-corrected chi connectivity index (χ3v) is 3.28. The van der Waals surface area contributed by atoms with Crippen molar-refractivity contribution in [1.82, 2.24) is 0 Å². The first-order valence-electron chi connectivity index (χ1n) is 5.35. The topological polar surface area (TPSA) is 58.9 Å². The summed E-state index contributed by atoms with van der Waals surface area (Å²) in [7, 11) is 0. The smallest absolute Gasteiger partial charge is 0.211 e. The van der Waals surface area contributed by atoms with E-state index in [0.29, 0.717) is 30.8 Å². The molecule has 0 aliphatic heterocycles. The normalized spacial score (nSPS) is 30.1. The molecule has 0 saturated heterocycles. The molecule has 15 heavy (non-hydrogen) atoms. The zero-order chi connectivity index (χ0) is 11.1. The molecule has 1 rings (SSSR count). The second-order valence-corrected chi connectivity index (χ2v) is 4.28. The third-order valence-electron chi connectivity index (χ3n) is 3.28. The van der Waals surface area contributed by atoms with Gasteiger partial charge in [-0.3, -0.25) is 0 Å². The Kier molecular flexibility index (Phi) is 4.96. The molecule has 0 amide bonds. The van der Waals surface area contributed by atoms with E-state index in [1.165, 1.54) is 0 Å². The van der Waals surface area contributed by atoms with Crippen molar-refractivity contribution in [3.8, 4) is 0 Å². The van der Waals surface area contributed by atoms with Crippen LogP contribution >= 0.6 is 0 Å². The number of nitrogens with zero attached hydrogens (tertiary/aromatic N) is 2. The summed E-state index contributed by atoms with van der Waals surface area (Å²) in [5.41, 5.74) is 0. The van der Waals surface area contributed by atoms with Gasteiger partial charge >= 0.3 is 0 Å². The van der Waals surface area contributed by atoms with Gasteiger partial charge in [0.25, 0.3) is 0 Å². The van der Waals surface area contributed by atoms with Gasteiger partial charge in [-0.25, -0.2) is 19.6 Å². The fraction of sp³-hybridized carbons (Fsp3) is 0.818.